The van der Waals surface area contributed by atoms with Gasteiger partial charge in [0.2, 0.25) is 0 Å². The molecule has 0 bridgehead atoms. The molecule has 0 aliphatic heterocycles. The number of rotatable bonds is 6. The third-order valence-electron chi connectivity index (χ3n) is 4.09. The summed E-state index contributed by atoms with van der Waals surface area (Å²) in [6.07, 6.45) is 1.75. The van der Waals surface area contributed by atoms with Crippen molar-refractivity contribution in [3.8, 4) is 5.75 Å². The van der Waals surface area contributed by atoms with Gasteiger partial charge in [-0.05, 0) is 29.3 Å². The summed E-state index contributed by atoms with van der Waals surface area (Å²) >= 11 is 0. The lowest BCUT2D eigenvalue weighted by atomic mass is 10.0. The summed E-state index contributed by atoms with van der Waals surface area (Å²) in [6.45, 7) is 0. The van der Waals surface area contributed by atoms with Crippen LogP contribution in [-0.2, 0) is 4.79 Å². The molecule has 0 aliphatic carbocycles. The Morgan fingerprint density at radius 2 is 1.64 bits per heavy atom. The molecule has 0 fully saturated rings. The summed E-state index contributed by atoms with van der Waals surface area (Å²) in [6, 6.07) is 22.8. The Labute approximate surface area is 162 Å². The summed E-state index contributed by atoms with van der Waals surface area (Å²) in [5.74, 6) is -0.101. The van der Waals surface area contributed by atoms with Gasteiger partial charge in [0.05, 0.1) is 18.1 Å². The first kappa shape index (κ1) is 18.8. The highest BCUT2D eigenvalue weighted by atomic mass is 16.6. The number of benzene rings is 3. The van der Waals surface area contributed by atoms with E-state index in [0.717, 1.165) is 5.56 Å². The average Bonchev–Trinajstić information content (AvgIpc) is 2.73. The molecule has 6 heteroatoms. The van der Waals surface area contributed by atoms with Crippen LogP contribution in [0.2, 0.25) is 0 Å². The highest BCUT2D eigenvalue weighted by molar-refractivity contribution is 6.29. The maximum atomic E-state index is 13.0. The molecule has 0 radical (unpaired) electrons. The molecule has 0 spiro atoms. The van der Waals surface area contributed by atoms with Crippen molar-refractivity contribution in [2.75, 3.05) is 12.4 Å². The lowest BCUT2D eigenvalue weighted by Crippen LogP contribution is -2.14. The van der Waals surface area contributed by atoms with E-state index in [2.05, 4.69) is 5.32 Å². The zero-order valence-electron chi connectivity index (χ0n) is 15.2. The molecule has 0 heterocycles. The van der Waals surface area contributed by atoms with Gasteiger partial charge < -0.3 is 10.1 Å². The molecule has 6 nitrogen and oxygen atoms in total. The van der Waals surface area contributed by atoms with Crippen LogP contribution in [0, 0.1) is 10.1 Å². The number of methoxy groups -OCH3 is 1. The molecular weight excluding hydrogens is 356 g/mol. The maximum Gasteiger partial charge on any atom is 0.296 e. The molecule has 0 aromatic heterocycles. The molecule has 0 saturated heterocycles. The summed E-state index contributed by atoms with van der Waals surface area (Å²) in [5.41, 5.74) is 1.82. The first-order valence-electron chi connectivity index (χ1n) is 8.54. The molecule has 3 rings (SSSR count). The van der Waals surface area contributed by atoms with Crippen molar-refractivity contribution in [1.82, 2.24) is 0 Å². The number of nitrogens with zero attached hydrogens (tertiary/aromatic N) is 1. The van der Waals surface area contributed by atoms with Crippen LogP contribution in [0.15, 0.2) is 78.9 Å². The SMILES string of the molecule is COc1ccc(NC(=O)/C(=C\c2ccccc2)c2ccccc2)c([N+](=O)[O-])c1. The number of hydrogen-bond acceptors (Lipinski definition) is 4. The average molecular weight is 374 g/mol. The van der Waals surface area contributed by atoms with Crippen molar-refractivity contribution in [2.24, 2.45) is 0 Å². The van der Waals surface area contributed by atoms with E-state index in [4.69, 9.17) is 4.74 Å². The summed E-state index contributed by atoms with van der Waals surface area (Å²) in [7, 11) is 1.42. The van der Waals surface area contributed by atoms with Gasteiger partial charge in [-0.1, -0.05) is 60.7 Å². The van der Waals surface area contributed by atoms with Crippen molar-refractivity contribution in [2.45, 2.75) is 0 Å². The predicted octanol–water partition coefficient (Wildman–Crippen LogP) is 4.78. The molecule has 3 aromatic rings. The quantitative estimate of drug-likeness (QED) is 0.291. The Balaban J connectivity index is 1.99. The Bertz CT molecular complexity index is 1020. The number of ether oxygens (including phenoxy) is 1. The second-order valence-corrected chi connectivity index (χ2v) is 5.93. The summed E-state index contributed by atoms with van der Waals surface area (Å²) in [4.78, 5) is 23.8. The fraction of sp³-hybridized carbons (Fsp3) is 0.0455. The smallest absolute Gasteiger partial charge is 0.296 e. The Morgan fingerprint density at radius 3 is 2.25 bits per heavy atom. The number of nitrogens with one attached hydrogen (secondary N) is 1. The van der Waals surface area contributed by atoms with Gasteiger partial charge in [-0.25, -0.2) is 0 Å². The first-order chi connectivity index (χ1) is 13.6. The minimum atomic E-state index is -0.554. The Morgan fingerprint density at radius 1 is 1.00 bits per heavy atom. The molecule has 28 heavy (non-hydrogen) atoms. The van der Waals surface area contributed by atoms with Crippen molar-refractivity contribution >= 4 is 28.9 Å². The highest BCUT2D eigenvalue weighted by Gasteiger charge is 2.20. The van der Waals surface area contributed by atoms with Gasteiger partial charge in [-0.3, -0.25) is 14.9 Å². The van der Waals surface area contributed by atoms with Gasteiger partial charge in [0.1, 0.15) is 11.4 Å². The fourth-order valence-electron chi connectivity index (χ4n) is 2.70. The van der Waals surface area contributed by atoms with Gasteiger partial charge in [-0.15, -0.1) is 0 Å². The van der Waals surface area contributed by atoms with E-state index in [1.807, 2.05) is 60.7 Å². The van der Waals surface area contributed by atoms with Crippen LogP contribution in [0.1, 0.15) is 11.1 Å². The zero-order chi connectivity index (χ0) is 19.9. The van der Waals surface area contributed by atoms with E-state index in [1.165, 1.54) is 19.2 Å². The maximum absolute atomic E-state index is 13.0. The minimum Gasteiger partial charge on any atom is -0.496 e. The molecule has 1 amide bonds. The second-order valence-electron chi connectivity index (χ2n) is 5.93. The fourth-order valence-corrected chi connectivity index (χ4v) is 2.70. The van der Waals surface area contributed by atoms with Gasteiger partial charge in [0.15, 0.2) is 0 Å². The zero-order valence-corrected chi connectivity index (χ0v) is 15.2. The molecule has 3 aromatic carbocycles. The number of anilines is 1. The third kappa shape index (κ3) is 4.42. The van der Waals surface area contributed by atoms with Gasteiger partial charge in [0.25, 0.3) is 11.6 Å². The monoisotopic (exact) mass is 374 g/mol. The number of amides is 1. The van der Waals surface area contributed by atoms with Crippen molar-refractivity contribution in [3.05, 3.63) is 100 Å². The third-order valence-corrected chi connectivity index (χ3v) is 4.09. The predicted molar refractivity (Wildman–Crippen MR) is 109 cm³/mol. The number of carbonyl (C=O) groups is 1. The van der Waals surface area contributed by atoms with Crippen molar-refractivity contribution in [1.29, 1.82) is 0 Å². The first-order valence-corrected chi connectivity index (χ1v) is 8.54. The van der Waals surface area contributed by atoms with Gasteiger partial charge in [-0.2, -0.15) is 0 Å². The number of nitro benzene ring substituents is 1. The molecule has 0 saturated carbocycles. The van der Waals surface area contributed by atoms with E-state index in [0.29, 0.717) is 16.9 Å². The van der Waals surface area contributed by atoms with Crippen LogP contribution >= 0.6 is 0 Å². The highest BCUT2D eigenvalue weighted by Crippen LogP contribution is 2.30. The molecule has 1 N–H and O–H groups in total. The number of carbonyl (C=O) groups excluding carboxylic acids is 1. The molecule has 0 atom stereocenters. The normalized spacial score (nSPS) is 11.0. The summed E-state index contributed by atoms with van der Waals surface area (Å²) in [5, 5.41) is 14.0. The van der Waals surface area contributed by atoms with E-state index in [9.17, 15) is 14.9 Å². The molecular formula is C22H18N2O4. The van der Waals surface area contributed by atoms with Gasteiger partial charge >= 0.3 is 0 Å². The standard InChI is InChI=1S/C22H18N2O4/c1-28-18-12-13-20(21(15-18)24(26)27)23-22(25)19(17-10-6-3-7-11-17)14-16-8-4-2-5-9-16/h2-15H,1H3,(H,23,25)/b19-14-. The van der Waals surface area contributed by atoms with Crippen molar-refractivity contribution in [3.63, 3.8) is 0 Å². The topological polar surface area (TPSA) is 81.5 Å². The largest absolute Gasteiger partial charge is 0.496 e. The summed E-state index contributed by atoms with van der Waals surface area (Å²) < 4.78 is 5.03. The van der Waals surface area contributed by atoms with E-state index in [-0.39, 0.29) is 11.4 Å². The van der Waals surface area contributed by atoms with Crippen LogP contribution in [0.5, 0.6) is 5.75 Å². The Hall–Kier alpha value is -3.93. The molecule has 0 aliphatic rings. The molecule has 140 valence electrons. The van der Waals surface area contributed by atoms with Crippen LogP contribution in [0.25, 0.3) is 11.6 Å². The van der Waals surface area contributed by atoms with E-state index < -0.39 is 10.8 Å². The minimum absolute atomic E-state index is 0.102. The van der Waals surface area contributed by atoms with Crippen LogP contribution < -0.4 is 10.1 Å². The van der Waals surface area contributed by atoms with E-state index >= 15 is 0 Å². The number of nitro groups is 1. The molecule has 0 unspecified atom stereocenters. The number of hydrogen-bond donors (Lipinski definition) is 1. The second kappa shape index (κ2) is 8.64. The van der Waals surface area contributed by atoms with Crippen LogP contribution in [0.4, 0.5) is 11.4 Å². The van der Waals surface area contributed by atoms with Crippen LogP contribution in [0.3, 0.4) is 0 Å². The van der Waals surface area contributed by atoms with Crippen molar-refractivity contribution < 1.29 is 14.5 Å². The van der Waals surface area contributed by atoms with E-state index in [1.54, 1.807) is 12.1 Å². The Kier molecular flexibility index (Phi) is 5.81. The van der Waals surface area contributed by atoms with Gasteiger partial charge in [0, 0.05) is 5.57 Å². The lowest BCUT2D eigenvalue weighted by Gasteiger charge is -2.11. The lowest BCUT2D eigenvalue weighted by molar-refractivity contribution is -0.384. The van der Waals surface area contributed by atoms with Crippen LogP contribution in [-0.4, -0.2) is 17.9 Å².